The highest BCUT2D eigenvalue weighted by Crippen LogP contribution is 2.42. The average molecular weight is 425 g/mol. The molecule has 4 heterocycles. The maximum atomic E-state index is 13.7. The van der Waals surface area contributed by atoms with Gasteiger partial charge in [-0.15, -0.1) is 0 Å². The van der Waals surface area contributed by atoms with Crippen LogP contribution in [0.2, 0.25) is 0 Å². The minimum absolute atomic E-state index is 0.132. The van der Waals surface area contributed by atoms with Crippen LogP contribution in [0.15, 0.2) is 35.6 Å². The van der Waals surface area contributed by atoms with E-state index in [0.29, 0.717) is 35.4 Å². The third kappa shape index (κ3) is 3.51. The number of alkyl halides is 2. The average Bonchev–Trinajstić information content (AvgIpc) is 3.18. The number of aryl methyl sites for hydroxylation is 2. The number of rotatable bonds is 3. The standard InChI is InChI=1S/C21H21F2N7O/c1-12-7-17-25-11-26-30(17)10-15(12)27-20-24-9-16-19(28-20)14(8-18(31)29(16)2)13-3-5-21(22,23)6-4-13/h7-11,13H,3-6H2,1-2H3,(H,24,27,28). The van der Waals surface area contributed by atoms with Crippen LogP contribution in [0, 0.1) is 6.92 Å². The first-order valence-electron chi connectivity index (χ1n) is 10.1. The molecule has 0 bridgehead atoms. The molecule has 160 valence electrons. The quantitative estimate of drug-likeness (QED) is 0.538. The number of nitrogens with one attached hydrogen (secondary N) is 1. The molecule has 1 aliphatic rings. The highest BCUT2D eigenvalue weighted by Gasteiger charge is 2.36. The lowest BCUT2D eigenvalue weighted by Crippen LogP contribution is -2.25. The molecule has 0 radical (unpaired) electrons. The molecule has 1 saturated carbocycles. The summed E-state index contributed by atoms with van der Waals surface area (Å²) in [5.41, 5.74) is 4.14. The molecule has 0 aromatic carbocycles. The second-order valence-electron chi connectivity index (χ2n) is 8.11. The first kappa shape index (κ1) is 19.5. The van der Waals surface area contributed by atoms with E-state index in [1.54, 1.807) is 24.0 Å². The Morgan fingerprint density at radius 2 is 1.97 bits per heavy atom. The van der Waals surface area contributed by atoms with Crippen molar-refractivity contribution in [3.8, 4) is 0 Å². The fraction of sp³-hybridized carbons (Fsp3) is 0.381. The van der Waals surface area contributed by atoms with Crippen LogP contribution in [0.3, 0.4) is 0 Å². The normalized spacial score (nSPS) is 16.8. The Kier molecular flexibility index (Phi) is 4.45. The summed E-state index contributed by atoms with van der Waals surface area (Å²) in [4.78, 5) is 25.7. The molecule has 0 atom stereocenters. The fourth-order valence-corrected chi connectivity index (χ4v) is 4.18. The molecule has 8 nitrogen and oxygen atoms in total. The Hall–Kier alpha value is -3.43. The maximum absolute atomic E-state index is 13.7. The van der Waals surface area contributed by atoms with E-state index in [2.05, 4.69) is 25.4 Å². The second kappa shape index (κ2) is 7.07. The smallest absolute Gasteiger partial charge is 0.251 e. The van der Waals surface area contributed by atoms with Crippen LogP contribution in [0.4, 0.5) is 20.4 Å². The van der Waals surface area contributed by atoms with E-state index in [1.165, 1.54) is 17.0 Å². The Morgan fingerprint density at radius 1 is 1.19 bits per heavy atom. The van der Waals surface area contributed by atoms with E-state index in [0.717, 1.165) is 16.9 Å². The Labute approximate surface area is 176 Å². The summed E-state index contributed by atoms with van der Waals surface area (Å²) in [6.07, 6.45) is 5.16. The van der Waals surface area contributed by atoms with Gasteiger partial charge in [-0.3, -0.25) is 4.79 Å². The Bertz CT molecular complexity index is 1350. The summed E-state index contributed by atoms with van der Waals surface area (Å²) < 4.78 is 30.5. The van der Waals surface area contributed by atoms with Gasteiger partial charge in [0.05, 0.1) is 29.1 Å². The molecule has 0 unspecified atom stereocenters. The lowest BCUT2D eigenvalue weighted by Gasteiger charge is -2.29. The summed E-state index contributed by atoms with van der Waals surface area (Å²) in [6, 6.07) is 3.42. The molecule has 10 heteroatoms. The number of halogens is 2. The van der Waals surface area contributed by atoms with E-state index >= 15 is 0 Å². The topological polar surface area (TPSA) is 90.0 Å². The van der Waals surface area contributed by atoms with Crippen molar-refractivity contribution < 1.29 is 8.78 Å². The van der Waals surface area contributed by atoms with E-state index in [-0.39, 0.29) is 24.3 Å². The predicted octanol–water partition coefficient (Wildman–Crippen LogP) is 3.72. The van der Waals surface area contributed by atoms with Crippen molar-refractivity contribution in [2.45, 2.75) is 44.4 Å². The first-order chi connectivity index (χ1) is 14.8. The minimum atomic E-state index is -2.63. The van der Waals surface area contributed by atoms with Crippen LogP contribution < -0.4 is 10.9 Å². The van der Waals surface area contributed by atoms with Gasteiger partial charge in [0.25, 0.3) is 5.56 Å². The van der Waals surface area contributed by atoms with E-state index in [9.17, 15) is 13.6 Å². The van der Waals surface area contributed by atoms with Gasteiger partial charge >= 0.3 is 0 Å². The van der Waals surface area contributed by atoms with Crippen molar-refractivity contribution in [1.29, 1.82) is 0 Å². The molecule has 4 aromatic rings. The Balaban J connectivity index is 1.57. The third-order valence-corrected chi connectivity index (χ3v) is 6.04. The van der Waals surface area contributed by atoms with Gasteiger partial charge in [-0.2, -0.15) is 5.10 Å². The predicted molar refractivity (Wildman–Crippen MR) is 112 cm³/mol. The molecular weight excluding hydrogens is 404 g/mol. The minimum Gasteiger partial charge on any atom is -0.323 e. The van der Waals surface area contributed by atoms with Gasteiger partial charge < -0.3 is 9.88 Å². The lowest BCUT2D eigenvalue weighted by atomic mass is 9.82. The molecule has 1 N–H and O–H groups in total. The van der Waals surface area contributed by atoms with Crippen molar-refractivity contribution >= 4 is 28.3 Å². The van der Waals surface area contributed by atoms with Gasteiger partial charge in [0.2, 0.25) is 11.9 Å². The van der Waals surface area contributed by atoms with Gasteiger partial charge in [-0.1, -0.05) is 0 Å². The molecule has 0 aliphatic heterocycles. The summed E-state index contributed by atoms with van der Waals surface area (Å²) in [5.74, 6) is -2.41. The molecule has 1 aliphatic carbocycles. The van der Waals surface area contributed by atoms with E-state index in [1.807, 2.05) is 13.0 Å². The van der Waals surface area contributed by atoms with Crippen molar-refractivity contribution in [2.75, 3.05) is 5.32 Å². The van der Waals surface area contributed by atoms with Crippen LogP contribution in [-0.4, -0.2) is 35.1 Å². The number of pyridine rings is 2. The summed E-state index contributed by atoms with van der Waals surface area (Å²) in [5, 5.41) is 7.35. The SMILES string of the molecule is Cc1cc2ncnn2cc1Nc1ncc2c(n1)c(C1CCC(F)(F)CC1)cc(=O)n2C. The van der Waals surface area contributed by atoms with Crippen LogP contribution in [0.5, 0.6) is 0 Å². The van der Waals surface area contributed by atoms with Crippen molar-refractivity contribution in [3.63, 3.8) is 0 Å². The van der Waals surface area contributed by atoms with Crippen molar-refractivity contribution in [1.82, 2.24) is 29.1 Å². The summed E-state index contributed by atoms with van der Waals surface area (Å²) in [6.45, 7) is 1.94. The zero-order chi connectivity index (χ0) is 21.8. The van der Waals surface area contributed by atoms with Gasteiger partial charge in [0.1, 0.15) is 6.33 Å². The van der Waals surface area contributed by atoms with Crippen molar-refractivity contribution in [3.05, 3.63) is 52.3 Å². The molecule has 5 rings (SSSR count). The zero-order valence-corrected chi connectivity index (χ0v) is 17.1. The van der Waals surface area contributed by atoms with Crippen LogP contribution in [-0.2, 0) is 7.05 Å². The van der Waals surface area contributed by atoms with Gasteiger partial charge in [-0.25, -0.2) is 28.2 Å². The van der Waals surface area contributed by atoms with Crippen LogP contribution in [0.25, 0.3) is 16.7 Å². The highest BCUT2D eigenvalue weighted by molar-refractivity contribution is 5.80. The number of hydrogen-bond donors (Lipinski definition) is 1. The number of aromatic nitrogens is 6. The molecule has 4 aromatic heterocycles. The van der Waals surface area contributed by atoms with Crippen LogP contribution in [0.1, 0.15) is 42.7 Å². The number of hydrogen-bond acceptors (Lipinski definition) is 6. The molecule has 0 amide bonds. The third-order valence-electron chi connectivity index (χ3n) is 6.04. The second-order valence-corrected chi connectivity index (χ2v) is 8.11. The van der Waals surface area contributed by atoms with E-state index in [4.69, 9.17) is 0 Å². The monoisotopic (exact) mass is 425 g/mol. The zero-order valence-electron chi connectivity index (χ0n) is 17.1. The molecule has 31 heavy (non-hydrogen) atoms. The maximum Gasteiger partial charge on any atom is 0.251 e. The van der Waals surface area contributed by atoms with Crippen molar-refractivity contribution in [2.24, 2.45) is 7.05 Å². The highest BCUT2D eigenvalue weighted by atomic mass is 19.3. The molecule has 1 fully saturated rings. The number of fused-ring (bicyclic) bond motifs is 2. The first-order valence-corrected chi connectivity index (χ1v) is 10.1. The van der Waals surface area contributed by atoms with Crippen LogP contribution >= 0.6 is 0 Å². The lowest BCUT2D eigenvalue weighted by molar-refractivity contribution is -0.0381. The number of anilines is 2. The molecule has 0 spiro atoms. The number of nitrogens with zero attached hydrogens (tertiary/aromatic N) is 6. The van der Waals surface area contributed by atoms with Gasteiger partial charge in [-0.05, 0) is 42.9 Å². The Morgan fingerprint density at radius 3 is 2.74 bits per heavy atom. The fourth-order valence-electron chi connectivity index (χ4n) is 4.18. The molecular formula is C21H21F2N7O. The van der Waals surface area contributed by atoms with Gasteiger partial charge in [0, 0.05) is 26.0 Å². The summed E-state index contributed by atoms with van der Waals surface area (Å²) >= 11 is 0. The van der Waals surface area contributed by atoms with E-state index < -0.39 is 5.92 Å². The molecule has 0 saturated heterocycles. The largest absolute Gasteiger partial charge is 0.323 e. The van der Waals surface area contributed by atoms with Gasteiger partial charge in [0.15, 0.2) is 5.65 Å². The summed E-state index contributed by atoms with van der Waals surface area (Å²) in [7, 11) is 1.66.